The molecule has 0 aliphatic carbocycles. The van der Waals surface area contributed by atoms with Crippen molar-refractivity contribution in [3.63, 3.8) is 0 Å². The smallest absolute Gasteiger partial charge is 0.453 e. The van der Waals surface area contributed by atoms with E-state index in [0.717, 1.165) is 17.9 Å². The molecule has 0 aliphatic rings. The van der Waals surface area contributed by atoms with Crippen molar-refractivity contribution in [2.24, 2.45) is 0 Å². The van der Waals surface area contributed by atoms with E-state index in [1.54, 1.807) is 6.07 Å². The molecule has 14 heteroatoms. The van der Waals surface area contributed by atoms with Crippen LogP contribution in [0.3, 0.4) is 0 Å². The Morgan fingerprint density at radius 3 is 2.82 bits per heavy atom. The van der Waals surface area contributed by atoms with Crippen LogP contribution in [0.4, 0.5) is 13.2 Å². The molecule has 1 atom stereocenters. The highest BCUT2D eigenvalue weighted by atomic mass is 35.5. The fourth-order valence-corrected chi connectivity index (χ4v) is 2.50. The highest BCUT2D eigenvalue weighted by molar-refractivity contribution is 6.32. The molecule has 3 heterocycles. The second kappa shape index (κ2) is 7.52. The lowest BCUT2D eigenvalue weighted by molar-refractivity contribution is -0.148. The molecule has 3 aromatic rings. The van der Waals surface area contributed by atoms with Crippen molar-refractivity contribution in [1.29, 1.82) is 0 Å². The number of rotatable bonds is 5. The number of aliphatic hydroxyl groups excluding tert-OH is 1. The van der Waals surface area contributed by atoms with Gasteiger partial charge in [0.05, 0.1) is 24.4 Å². The van der Waals surface area contributed by atoms with Crippen molar-refractivity contribution in [3.05, 3.63) is 46.6 Å². The first-order valence-electron chi connectivity index (χ1n) is 7.53. The number of methoxy groups -OCH3 is 1. The van der Waals surface area contributed by atoms with Crippen molar-refractivity contribution < 1.29 is 27.8 Å². The minimum absolute atomic E-state index is 0.0708. The van der Waals surface area contributed by atoms with Crippen LogP contribution in [0, 0.1) is 0 Å². The summed E-state index contributed by atoms with van der Waals surface area (Å²) in [6.45, 7) is -0.657. The number of alkyl halides is 3. The summed E-state index contributed by atoms with van der Waals surface area (Å²) in [7, 11) is 1.13. The van der Waals surface area contributed by atoms with Gasteiger partial charge in [-0.15, -0.1) is 5.10 Å². The van der Waals surface area contributed by atoms with Crippen LogP contribution in [0.5, 0.6) is 0 Å². The molecular weight excluding hydrogens is 407 g/mol. The average molecular weight is 418 g/mol. The summed E-state index contributed by atoms with van der Waals surface area (Å²) in [5.41, 5.74) is -0.268. The molecule has 0 saturated heterocycles. The van der Waals surface area contributed by atoms with Crippen LogP contribution in [0.25, 0.3) is 5.82 Å². The minimum Gasteiger partial charge on any atom is -0.464 e. The Bertz CT molecular complexity index is 1000. The van der Waals surface area contributed by atoms with Crippen LogP contribution in [-0.4, -0.2) is 53.2 Å². The number of nitrogens with zero attached hydrogens (tertiary/aromatic N) is 7. The fraction of sp³-hybridized carbons (Fsp3) is 0.286. The van der Waals surface area contributed by atoms with Crippen LogP contribution >= 0.6 is 11.6 Å². The molecule has 0 amide bonds. The van der Waals surface area contributed by atoms with Crippen LogP contribution in [0.2, 0.25) is 5.02 Å². The van der Waals surface area contributed by atoms with Crippen molar-refractivity contribution in [2.45, 2.75) is 18.8 Å². The standard InChI is InChI=1S/C14H11ClF3N7O3/c1-28-12(27)9-5-8(21-25(9)11-7(15)3-2-4-19-11)10(26)6-24-13(14(16,17)18)20-22-23-24/h2-5,10,26H,6H2,1H3. The number of carbonyl (C=O) groups excluding carboxylic acids is 1. The van der Waals surface area contributed by atoms with Crippen molar-refractivity contribution >= 4 is 17.6 Å². The summed E-state index contributed by atoms with van der Waals surface area (Å²) in [5, 5.41) is 23.6. The van der Waals surface area contributed by atoms with Gasteiger partial charge in [-0.1, -0.05) is 11.6 Å². The van der Waals surface area contributed by atoms with Gasteiger partial charge in [0.15, 0.2) is 11.5 Å². The monoisotopic (exact) mass is 417 g/mol. The topological polar surface area (TPSA) is 121 Å². The number of esters is 1. The molecule has 1 unspecified atom stereocenters. The van der Waals surface area contributed by atoms with Gasteiger partial charge in [0.25, 0.3) is 5.82 Å². The summed E-state index contributed by atoms with van der Waals surface area (Å²) in [5.74, 6) is -2.13. The predicted molar refractivity (Wildman–Crippen MR) is 85.5 cm³/mol. The van der Waals surface area contributed by atoms with Gasteiger partial charge in [-0.25, -0.2) is 19.1 Å². The van der Waals surface area contributed by atoms with E-state index in [4.69, 9.17) is 11.6 Å². The minimum atomic E-state index is -4.80. The summed E-state index contributed by atoms with van der Waals surface area (Å²) >= 11 is 6.06. The third-order valence-electron chi connectivity index (χ3n) is 3.54. The number of hydrogen-bond acceptors (Lipinski definition) is 8. The number of carbonyl (C=O) groups is 1. The fourth-order valence-electron chi connectivity index (χ4n) is 2.29. The SMILES string of the molecule is COC(=O)c1cc(C(O)Cn2nnnc2C(F)(F)F)nn1-c1ncccc1Cl. The summed E-state index contributed by atoms with van der Waals surface area (Å²) in [4.78, 5) is 16.0. The number of aliphatic hydroxyl groups is 1. The molecule has 28 heavy (non-hydrogen) atoms. The van der Waals surface area contributed by atoms with Crippen LogP contribution in [0.1, 0.15) is 28.1 Å². The molecular formula is C14H11ClF3N7O3. The van der Waals surface area contributed by atoms with Gasteiger partial charge in [-0.05, 0) is 28.6 Å². The molecule has 0 bridgehead atoms. The normalized spacial score (nSPS) is 12.8. The average Bonchev–Trinajstić information content (AvgIpc) is 3.28. The number of hydrogen-bond donors (Lipinski definition) is 1. The molecule has 1 N–H and O–H groups in total. The van der Waals surface area contributed by atoms with E-state index < -0.39 is 30.6 Å². The largest absolute Gasteiger partial charge is 0.464 e. The zero-order valence-corrected chi connectivity index (χ0v) is 14.8. The van der Waals surface area contributed by atoms with Crippen molar-refractivity contribution in [3.8, 4) is 5.82 Å². The Morgan fingerprint density at radius 1 is 1.43 bits per heavy atom. The van der Waals surface area contributed by atoms with Gasteiger partial charge in [-0.2, -0.15) is 18.3 Å². The number of tetrazole rings is 1. The molecule has 3 rings (SSSR count). The van der Waals surface area contributed by atoms with Gasteiger partial charge in [0, 0.05) is 6.20 Å². The van der Waals surface area contributed by atoms with Gasteiger partial charge in [0.1, 0.15) is 6.10 Å². The van der Waals surface area contributed by atoms with E-state index in [1.165, 1.54) is 12.3 Å². The molecule has 0 spiro atoms. The first-order chi connectivity index (χ1) is 13.2. The maximum absolute atomic E-state index is 12.9. The molecule has 148 valence electrons. The maximum Gasteiger partial charge on any atom is 0.453 e. The molecule has 0 radical (unpaired) electrons. The van der Waals surface area contributed by atoms with E-state index in [1.807, 2.05) is 0 Å². The Balaban J connectivity index is 1.98. The lowest BCUT2D eigenvalue weighted by Crippen LogP contribution is -2.19. The quantitative estimate of drug-likeness (QED) is 0.619. The summed E-state index contributed by atoms with van der Waals surface area (Å²) < 4.78 is 44.7. The Labute approximate surface area is 159 Å². The van der Waals surface area contributed by atoms with E-state index >= 15 is 0 Å². The van der Waals surface area contributed by atoms with Gasteiger partial charge in [-0.3, -0.25) is 0 Å². The Kier molecular flexibility index (Phi) is 5.29. The first kappa shape index (κ1) is 19.7. The molecule has 10 nitrogen and oxygen atoms in total. The Hall–Kier alpha value is -3.06. The lowest BCUT2D eigenvalue weighted by Gasteiger charge is -2.10. The van der Waals surface area contributed by atoms with Gasteiger partial charge in [0.2, 0.25) is 0 Å². The summed E-state index contributed by atoms with van der Waals surface area (Å²) in [6.07, 6.45) is -4.98. The van der Waals surface area contributed by atoms with E-state index in [-0.39, 0.29) is 22.2 Å². The third kappa shape index (κ3) is 3.80. The molecule has 0 aromatic carbocycles. The van der Waals surface area contributed by atoms with E-state index in [9.17, 15) is 23.1 Å². The number of pyridine rings is 1. The molecule has 0 aliphatic heterocycles. The predicted octanol–water partition coefficient (Wildman–Crippen LogP) is 1.45. The second-order valence-corrected chi connectivity index (χ2v) is 5.77. The Morgan fingerprint density at radius 2 is 2.18 bits per heavy atom. The second-order valence-electron chi connectivity index (χ2n) is 5.36. The van der Waals surface area contributed by atoms with Crippen LogP contribution in [-0.2, 0) is 17.5 Å². The molecule has 0 saturated carbocycles. The van der Waals surface area contributed by atoms with E-state index in [2.05, 4.69) is 30.3 Å². The van der Waals surface area contributed by atoms with Crippen molar-refractivity contribution in [1.82, 2.24) is 35.0 Å². The zero-order valence-electron chi connectivity index (χ0n) is 14.0. The highest BCUT2D eigenvalue weighted by Gasteiger charge is 2.38. The highest BCUT2D eigenvalue weighted by Crippen LogP contribution is 2.28. The molecule has 0 fully saturated rings. The summed E-state index contributed by atoms with van der Waals surface area (Å²) in [6, 6.07) is 4.21. The van der Waals surface area contributed by atoms with Crippen LogP contribution < -0.4 is 0 Å². The van der Waals surface area contributed by atoms with Crippen molar-refractivity contribution in [2.75, 3.05) is 7.11 Å². The number of ether oxygens (including phenoxy) is 1. The van der Waals surface area contributed by atoms with Gasteiger partial charge >= 0.3 is 12.1 Å². The molecule has 3 aromatic heterocycles. The number of halogens is 4. The van der Waals surface area contributed by atoms with Gasteiger partial charge < -0.3 is 9.84 Å². The first-order valence-corrected chi connectivity index (χ1v) is 7.90. The third-order valence-corrected chi connectivity index (χ3v) is 3.83. The van der Waals surface area contributed by atoms with E-state index in [0.29, 0.717) is 4.68 Å². The zero-order chi connectivity index (χ0) is 20.5. The van der Waals surface area contributed by atoms with Crippen LogP contribution in [0.15, 0.2) is 24.4 Å². The lowest BCUT2D eigenvalue weighted by atomic mass is 10.2. The maximum atomic E-state index is 12.9. The number of aromatic nitrogens is 7.